The second kappa shape index (κ2) is 2.82. The molecule has 1 heterocycles. The Kier molecular flexibility index (Phi) is 1.92. The zero-order valence-corrected chi connectivity index (χ0v) is 6.69. The number of carbonyl (C=O) groups is 1. The summed E-state index contributed by atoms with van der Waals surface area (Å²) in [6, 6.07) is -0.457. The summed E-state index contributed by atoms with van der Waals surface area (Å²) in [5.41, 5.74) is 5.62. The van der Waals surface area contributed by atoms with Crippen LogP contribution in [0.2, 0.25) is 0 Å². The Balaban J connectivity index is 2.05. The van der Waals surface area contributed by atoms with Gasteiger partial charge in [0.1, 0.15) is 6.17 Å². The normalized spacial score (nSPS) is 46.5. The maximum absolute atomic E-state index is 13.3. The lowest BCUT2D eigenvalue weighted by atomic mass is 9.89. The van der Waals surface area contributed by atoms with Crippen molar-refractivity contribution in [1.82, 2.24) is 4.81 Å². The smallest absolute Gasteiger partial charge is 0.293 e. The number of piperidine rings is 1. The zero-order chi connectivity index (χ0) is 8.72. The second-order valence-electron chi connectivity index (χ2n) is 3.57. The maximum Gasteiger partial charge on any atom is 0.293 e. The molecule has 0 amide bonds. The SMILES string of the molecule is N[C@@H]1C2CC([C@@H]1F)N([B]C=O)C2. The summed E-state index contributed by atoms with van der Waals surface area (Å²) in [6.45, 7) is 0.741. The van der Waals surface area contributed by atoms with Crippen molar-refractivity contribution in [2.45, 2.75) is 24.7 Å². The van der Waals surface area contributed by atoms with Crippen molar-refractivity contribution in [1.29, 1.82) is 0 Å². The Labute approximate surface area is 71.4 Å². The summed E-state index contributed by atoms with van der Waals surface area (Å²) in [5, 5.41) is 0. The highest BCUT2D eigenvalue weighted by Crippen LogP contribution is 2.37. The molecule has 1 aliphatic carbocycles. The summed E-state index contributed by atoms with van der Waals surface area (Å²) in [6.07, 6.45) is 0.547. The Hall–Kier alpha value is -0.415. The second-order valence-corrected chi connectivity index (χ2v) is 3.57. The van der Waals surface area contributed by atoms with Gasteiger partial charge in [0, 0.05) is 12.1 Å². The number of nitrogens with zero attached hydrogens (tertiary/aromatic N) is 1. The van der Waals surface area contributed by atoms with Crippen LogP contribution in [0.4, 0.5) is 4.39 Å². The molecule has 2 rings (SSSR count). The molecular formula is C7H11BFN2O. The van der Waals surface area contributed by atoms with E-state index in [2.05, 4.69) is 0 Å². The third-order valence-corrected chi connectivity index (χ3v) is 2.95. The van der Waals surface area contributed by atoms with Crippen LogP contribution in [0.5, 0.6) is 0 Å². The fraction of sp³-hybridized carbons (Fsp3) is 0.857. The lowest BCUT2D eigenvalue weighted by Crippen LogP contribution is -2.51. The highest BCUT2D eigenvalue weighted by atomic mass is 19.1. The number of rotatable bonds is 2. The van der Waals surface area contributed by atoms with Gasteiger partial charge in [0.15, 0.2) is 0 Å². The third-order valence-electron chi connectivity index (χ3n) is 2.95. The van der Waals surface area contributed by atoms with Crippen molar-refractivity contribution in [3.05, 3.63) is 0 Å². The van der Waals surface area contributed by atoms with Crippen LogP contribution in [0.3, 0.4) is 0 Å². The van der Waals surface area contributed by atoms with Gasteiger partial charge in [0.2, 0.25) is 0 Å². The van der Waals surface area contributed by atoms with E-state index in [9.17, 15) is 9.18 Å². The molecule has 12 heavy (non-hydrogen) atoms. The van der Waals surface area contributed by atoms with E-state index in [0.29, 0.717) is 6.19 Å². The number of fused-ring (bicyclic) bond motifs is 2. The fourth-order valence-electron chi connectivity index (χ4n) is 2.28. The molecule has 2 N–H and O–H groups in total. The van der Waals surface area contributed by atoms with E-state index in [0.717, 1.165) is 13.0 Å². The minimum Gasteiger partial charge on any atom is -0.334 e. The minimum absolute atomic E-state index is 0.143. The van der Waals surface area contributed by atoms with Gasteiger partial charge in [-0.1, -0.05) is 0 Å². The molecule has 0 aromatic heterocycles. The molecule has 0 aromatic rings. The number of alkyl halides is 1. The molecule has 1 radical (unpaired) electrons. The molecule has 2 unspecified atom stereocenters. The number of carbonyl (C=O) groups excluding carboxylic acids is 1. The van der Waals surface area contributed by atoms with Gasteiger partial charge in [0.05, 0.1) is 6.19 Å². The molecule has 2 bridgehead atoms. The quantitative estimate of drug-likeness (QED) is 0.433. The van der Waals surface area contributed by atoms with Gasteiger partial charge in [0.25, 0.3) is 7.41 Å². The van der Waals surface area contributed by atoms with E-state index in [1.165, 1.54) is 7.41 Å². The molecule has 65 valence electrons. The molecule has 5 heteroatoms. The molecular weight excluding hydrogens is 158 g/mol. The first-order valence-electron chi connectivity index (χ1n) is 4.18. The molecule has 0 aromatic carbocycles. The van der Waals surface area contributed by atoms with Crippen molar-refractivity contribution >= 4 is 13.6 Å². The highest BCUT2D eigenvalue weighted by molar-refractivity contribution is 6.64. The number of hydrogen-bond acceptors (Lipinski definition) is 3. The first-order chi connectivity index (χ1) is 5.74. The Morgan fingerprint density at radius 3 is 2.92 bits per heavy atom. The largest absolute Gasteiger partial charge is 0.334 e. The molecule has 2 fully saturated rings. The standard InChI is InChI=1S/C7H11BFN2O/c9-6-5-1-4(7(6)10)2-11(5)8-3-12/h3-7H,1-2,10H2/t4?,5?,6-,7+/m0/s1. The van der Waals surface area contributed by atoms with Gasteiger partial charge in [-0.05, 0) is 18.9 Å². The molecule has 2 aliphatic rings. The summed E-state index contributed by atoms with van der Waals surface area (Å²) in [7, 11) is 1.42. The van der Waals surface area contributed by atoms with Crippen LogP contribution < -0.4 is 5.73 Å². The van der Waals surface area contributed by atoms with Crippen LogP contribution >= 0.6 is 0 Å². The predicted octanol–water partition coefficient (Wildman–Crippen LogP) is -0.835. The minimum atomic E-state index is -0.958. The number of halogens is 1. The summed E-state index contributed by atoms with van der Waals surface area (Å²) >= 11 is 0. The summed E-state index contributed by atoms with van der Waals surface area (Å²) < 4.78 is 13.3. The van der Waals surface area contributed by atoms with Gasteiger partial charge < -0.3 is 15.3 Å². The maximum atomic E-state index is 13.3. The first-order valence-corrected chi connectivity index (χ1v) is 4.18. The molecule has 1 aliphatic heterocycles. The molecule has 0 spiro atoms. The predicted molar refractivity (Wildman–Crippen MR) is 44.0 cm³/mol. The van der Waals surface area contributed by atoms with E-state index < -0.39 is 6.17 Å². The molecule has 1 saturated carbocycles. The van der Waals surface area contributed by atoms with E-state index in [1.807, 2.05) is 0 Å². The Bertz CT molecular complexity index is 202. The van der Waals surface area contributed by atoms with E-state index >= 15 is 0 Å². The molecule has 3 nitrogen and oxygen atoms in total. The van der Waals surface area contributed by atoms with Gasteiger partial charge in [-0.15, -0.1) is 0 Å². The van der Waals surface area contributed by atoms with Crippen LogP contribution in [-0.2, 0) is 4.79 Å². The first kappa shape index (κ1) is 8.20. The van der Waals surface area contributed by atoms with Crippen molar-refractivity contribution < 1.29 is 9.18 Å². The number of nitrogens with two attached hydrogens (primary N) is 1. The van der Waals surface area contributed by atoms with Crippen LogP contribution in [-0.4, -0.2) is 43.2 Å². The number of hydrogen-bond donors (Lipinski definition) is 1. The topological polar surface area (TPSA) is 46.3 Å². The fourth-order valence-corrected chi connectivity index (χ4v) is 2.28. The van der Waals surface area contributed by atoms with Gasteiger partial charge in [-0.3, -0.25) is 0 Å². The van der Waals surface area contributed by atoms with Gasteiger partial charge in [-0.25, -0.2) is 4.39 Å². The van der Waals surface area contributed by atoms with Crippen LogP contribution in [0.25, 0.3) is 0 Å². The van der Waals surface area contributed by atoms with Crippen LogP contribution in [0.1, 0.15) is 6.42 Å². The van der Waals surface area contributed by atoms with Crippen molar-refractivity contribution in [3.63, 3.8) is 0 Å². The molecule has 1 saturated heterocycles. The summed E-state index contributed by atoms with van der Waals surface area (Å²) in [5.74, 6) is 0.237. The van der Waals surface area contributed by atoms with E-state index in [-0.39, 0.29) is 18.0 Å². The average Bonchev–Trinajstić information content (AvgIpc) is 2.55. The lowest BCUT2D eigenvalue weighted by molar-refractivity contribution is 0.167. The average molecular weight is 169 g/mol. The van der Waals surface area contributed by atoms with Crippen LogP contribution in [0.15, 0.2) is 0 Å². The van der Waals surface area contributed by atoms with Gasteiger partial charge in [-0.2, -0.15) is 0 Å². The zero-order valence-electron chi connectivity index (χ0n) is 6.69. The summed E-state index contributed by atoms with van der Waals surface area (Å²) in [4.78, 5) is 11.9. The van der Waals surface area contributed by atoms with Crippen LogP contribution in [0, 0.1) is 5.92 Å². The Morgan fingerprint density at radius 2 is 2.42 bits per heavy atom. The Morgan fingerprint density at radius 1 is 1.67 bits per heavy atom. The van der Waals surface area contributed by atoms with Crippen molar-refractivity contribution in [2.24, 2.45) is 11.7 Å². The lowest BCUT2D eigenvalue weighted by Gasteiger charge is -2.30. The third kappa shape index (κ3) is 1.000. The van der Waals surface area contributed by atoms with Gasteiger partial charge >= 0.3 is 0 Å². The van der Waals surface area contributed by atoms with Crippen molar-refractivity contribution in [3.8, 4) is 0 Å². The monoisotopic (exact) mass is 169 g/mol. The van der Waals surface area contributed by atoms with Crippen molar-refractivity contribution in [2.75, 3.05) is 6.54 Å². The highest BCUT2D eigenvalue weighted by Gasteiger charge is 2.50. The molecule has 4 atom stereocenters. The van der Waals surface area contributed by atoms with E-state index in [1.54, 1.807) is 4.81 Å². The van der Waals surface area contributed by atoms with E-state index in [4.69, 9.17) is 5.73 Å².